The van der Waals surface area contributed by atoms with Crippen LogP contribution in [0, 0.1) is 6.92 Å². The van der Waals surface area contributed by atoms with Crippen LogP contribution in [0.1, 0.15) is 15.9 Å². The standard InChI is InChI=1S/C17H15N2OS/c1-13-4-6-14(7-5-13)16(20)11-19-9-8-15(18-12-19)17-3-2-10-21-17/h2-10,12H,11H2,1H3/q+1. The number of carbonyl (C=O) groups excluding carboxylic acids is 1. The molecular formula is C17H15N2OS+. The highest BCUT2D eigenvalue weighted by atomic mass is 32.1. The van der Waals surface area contributed by atoms with E-state index < -0.39 is 0 Å². The van der Waals surface area contributed by atoms with E-state index in [1.165, 1.54) is 0 Å². The second-order valence-corrected chi connectivity index (χ2v) is 5.83. The summed E-state index contributed by atoms with van der Waals surface area (Å²) in [5, 5.41) is 2.03. The molecule has 0 bridgehead atoms. The van der Waals surface area contributed by atoms with Crippen LogP contribution < -0.4 is 4.57 Å². The molecule has 0 N–H and O–H groups in total. The molecule has 0 aliphatic rings. The average Bonchev–Trinajstić information content (AvgIpc) is 3.03. The summed E-state index contributed by atoms with van der Waals surface area (Å²) in [6, 6.07) is 13.6. The number of thiophene rings is 1. The first-order valence-corrected chi connectivity index (χ1v) is 7.59. The fourth-order valence-electron chi connectivity index (χ4n) is 2.04. The van der Waals surface area contributed by atoms with E-state index in [1.807, 2.05) is 61.0 Å². The Kier molecular flexibility index (Phi) is 3.88. The first-order chi connectivity index (χ1) is 10.2. The average molecular weight is 295 g/mol. The summed E-state index contributed by atoms with van der Waals surface area (Å²) in [6.45, 7) is 2.32. The van der Waals surface area contributed by atoms with E-state index in [9.17, 15) is 4.79 Å². The Bertz CT molecular complexity index is 731. The highest BCUT2D eigenvalue weighted by molar-refractivity contribution is 7.13. The van der Waals surface area contributed by atoms with Gasteiger partial charge in [-0.25, -0.2) is 4.57 Å². The minimum absolute atomic E-state index is 0.0886. The van der Waals surface area contributed by atoms with Gasteiger partial charge in [0.2, 0.25) is 5.78 Å². The van der Waals surface area contributed by atoms with Crippen molar-refractivity contribution in [3.05, 3.63) is 71.5 Å². The molecule has 0 aliphatic heterocycles. The van der Waals surface area contributed by atoms with Gasteiger partial charge in [-0.05, 0) is 23.4 Å². The highest BCUT2D eigenvalue weighted by Gasteiger charge is 2.11. The normalized spacial score (nSPS) is 10.5. The molecule has 0 atom stereocenters. The topological polar surface area (TPSA) is 33.8 Å². The second kappa shape index (κ2) is 5.97. The third kappa shape index (κ3) is 3.23. The third-order valence-electron chi connectivity index (χ3n) is 3.24. The predicted octanol–water partition coefficient (Wildman–Crippen LogP) is 3.29. The molecule has 0 amide bonds. The Morgan fingerprint density at radius 3 is 2.62 bits per heavy atom. The highest BCUT2D eigenvalue weighted by Crippen LogP contribution is 2.20. The molecular weight excluding hydrogens is 280 g/mol. The Morgan fingerprint density at radius 2 is 2.00 bits per heavy atom. The van der Waals surface area contributed by atoms with Gasteiger partial charge in [-0.15, -0.1) is 11.3 Å². The summed E-state index contributed by atoms with van der Waals surface area (Å²) >= 11 is 1.66. The zero-order valence-electron chi connectivity index (χ0n) is 11.7. The quantitative estimate of drug-likeness (QED) is 0.547. The van der Waals surface area contributed by atoms with Crippen LogP contribution in [-0.4, -0.2) is 10.8 Å². The largest absolute Gasteiger partial charge is 0.290 e. The van der Waals surface area contributed by atoms with E-state index in [2.05, 4.69) is 4.98 Å². The number of benzene rings is 1. The number of Topliss-reactive ketones (excluding diaryl/α,β-unsaturated/α-hetero) is 1. The molecule has 2 heterocycles. The molecule has 0 spiro atoms. The molecule has 21 heavy (non-hydrogen) atoms. The van der Waals surface area contributed by atoms with Crippen LogP contribution in [0.15, 0.2) is 60.4 Å². The van der Waals surface area contributed by atoms with Crippen LogP contribution >= 0.6 is 11.3 Å². The lowest BCUT2D eigenvalue weighted by molar-refractivity contribution is -0.686. The first kappa shape index (κ1) is 13.6. The van der Waals surface area contributed by atoms with Crippen molar-refractivity contribution in [1.29, 1.82) is 0 Å². The van der Waals surface area contributed by atoms with E-state index in [4.69, 9.17) is 0 Å². The van der Waals surface area contributed by atoms with Crippen molar-refractivity contribution >= 4 is 17.1 Å². The number of aromatic nitrogens is 2. The molecule has 0 saturated heterocycles. The molecule has 3 nitrogen and oxygen atoms in total. The van der Waals surface area contributed by atoms with E-state index in [1.54, 1.807) is 22.2 Å². The van der Waals surface area contributed by atoms with Crippen LogP contribution in [0.4, 0.5) is 0 Å². The van der Waals surface area contributed by atoms with Gasteiger partial charge in [0.25, 0.3) is 6.33 Å². The summed E-state index contributed by atoms with van der Waals surface area (Å²) in [4.78, 5) is 17.7. The number of nitrogens with zero attached hydrogens (tertiary/aromatic N) is 2. The lowest BCUT2D eigenvalue weighted by Crippen LogP contribution is -2.37. The molecule has 0 unspecified atom stereocenters. The van der Waals surface area contributed by atoms with Gasteiger partial charge in [-0.2, -0.15) is 0 Å². The maximum Gasteiger partial charge on any atom is 0.287 e. The molecule has 2 aromatic heterocycles. The smallest absolute Gasteiger partial charge is 0.287 e. The summed E-state index contributed by atoms with van der Waals surface area (Å²) < 4.78 is 1.80. The summed E-state index contributed by atoms with van der Waals surface area (Å²) in [5.41, 5.74) is 2.82. The summed E-state index contributed by atoms with van der Waals surface area (Å²) in [7, 11) is 0. The van der Waals surface area contributed by atoms with Crippen molar-refractivity contribution in [2.24, 2.45) is 0 Å². The van der Waals surface area contributed by atoms with Crippen molar-refractivity contribution < 1.29 is 9.36 Å². The molecule has 4 heteroatoms. The van der Waals surface area contributed by atoms with Crippen molar-refractivity contribution in [3.8, 4) is 10.6 Å². The monoisotopic (exact) mass is 295 g/mol. The van der Waals surface area contributed by atoms with Crippen molar-refractivity contribution in [2.45, 2.75) is 13.5 Å². The van der Waals surface area contributed by atoms with Gasteiger partial charge in [0, 0.05) is 11.6 Å². The van der Waals surface area contributed by atoms with E-state index >= 15 is 0 Å². The van der Waals surface area contributed by atoms with Crippen molar-refractivity contribution in [2.75, 3.05) is 0 Å². The predicted molar refractivity (Wildman–Crippen MR) is 83.3 cm³/mol. The van der Waals surface area contributed by atoms with Gasteiger partial charge in [-0.1, -0.05) is 35.9 Å². The zero-order valence-corrected chi connectivity index (χ0v) is 12.5. The molecule has 0 aliphatic carbocycles. The fourth-order valence-corrected chi connectivity index (χ4v) is 2.75. The molecule has 104 valence electrons. The number of aryl methyl sites for hydroxylation is 1. The molecule has 0 radical (unpaired) electrons. The SMILES string of the molecule is Cc1ccc(C(=O)C[n+]2ccc(-c3cccs3)nc2)cc1. The van der Waals surface area contributed by atoms with Gasteiger partial charge in [0.15, 0.2) is 12.2 Å². The number of ketones is 1. The van der Waals surface area contributed by atoms with Crippen LogP contribution in [0.3, 0.4) is 0 Å². The lowest BCUT2D eigenvalue weighted by Gasteiger charge is -2.01. The van der Waals surface area contributed by atoms with Crippen LogP contribution in [0.5, 0.6) is 0 Å². The first-order valence-electron chi connectivity index (χ1n) is 6.71. The Hall–Kier alpha value is -2.33. The maximum atomic E-state index is 12.2. The zero-order chi connectivity index (χ0) is 14.7. The van der Waals surface area contributed by atoms with Crippen LogP contribution in [0.2, 0.25) is 0 Å². The Morgan fingerprint density at radius 1 is 1.19 bits per heavy atom. The summed E-state index contributed by atoms with van der Waals surface area (Å²) in [6.07, 6.45) is 3.61. The number of hydrogen-bond donors (Lipinski definition) is 0. The van der Waals surface area contributed by atoms with E-state index in [0.717, 1.165) is 21.7 Å². The molecule has 3 aromatic rings. The lowest BCUT2D eigenvalue weighted by atomic mass is 10.1. The molecule has 0 saturated carbocycles. The number of carbonyl (C=O) groups is 1. The molecule has 1 aromatic carbocycles. The fraction of sp³-hybridized carbons (Fsp3) is 0.118. The van der Waals surface area contributed by atoms with E-state index in [-0.39, 0.29) is 5.78 Å². The molecule has 3 rings (SSSR count). The Labute approximate surface area is 127 Å². The van der Waals surface area contributed by atoms with Gasteiger partial charge < -0.3 is 0 Å². The van der Waals surface area contributed by atoms with Crippen molar-refractivity contribution in [3.63, 3.8) is 0 Å². The van der Waals surface area contributed by atoms with Crippen molar-refractivity contribution in [1.82, 2.24) is 4.98 Å². The Balaban J connectivity index is 1.73. The van der Waals surface area contributed by atoms with Gasteiger partial charge in [-0.3, -0.25) is 4.79 Å². The van der Waals surface area contributed by atoms with Crippen LogP contribution in [-0.2, 0) is 6.54 Å². The van der Waals surface area contributed by atoms with Gasteiger partial charge in [0.05, 0.1) is 11.1 Å². The second-order valence-electron chi connectivity index (χ2n) is 4.88. The van der Waals surface area contributed by atoms with Crippen LogP contribution in [0.25, 0.3) is 10.6 Å². The number of rotatable bonds is 4. The number of hydrogen-bond acceptors (Lipinski definition) is 3. The maximum absolute atomic E-state index is 12.2. The van der Waals surface area contributed by atoms with E-state index in [0.29, 0.717) is 6.54 Å². The minimum atomic E-state index is 0.0886. The molecule has 0 fully saturated rings. The minimum Gasteiger partial charge on any atom is -0.290 e. The van der Waals surface area contributed by atoms with Gasteiger partial charge in [0.1, 0.15) is 0 Å². The third-order valence-corrected chi connectivity index (χ3v) is 4.13. The summed E-state index contributed by atoms with van der Waals surface area (Å²) in [5.74, 6) is 0.0886. The van der Waals surface area contributed by atoms with Gasteiger partial charge >= 0.3 is 0 Å².